The number of anilines is 1. The number of aromatic nitrogens is 4. The van der Waals surface area contributed by atoms with Crippen molar-refractivity contribution in [3.63, 3.8) is 0 Å². The van der Waals surface area contributed by atoms with Crippen LogP contribution in [0.3, 0.4) is 0 Å². The van der Waals surface area contributed by atoms with Gasteiger partial charge in [-0.1, -0.05) is 13.8 Å². The van der Waals surface area contributed by atoms with Gasteiger partial charge < -0.3 is 15.3 Å². The van der Waals surface area contributed by atoms with Crippen LogP contribution in [0, 0.1) is 17.3 Å². The molecule has 3 rings (SSSR count). The normalized spacial score (nSPS) is 19.8. The highest BCUT2D eigenvalue weighted by Crippen LogP contribution is 2.36. The summed E-state index contributed by atoms with van der Waals surface area (Å²) in [5.74, 6) is 0.0417. The zero-order valence-electron chi connectivity index (χ0n) is 18.1. The predicted molar refractivity (Wildman–Crippen MR) is 119 cm³/mol. The van der Waals surface area contributed by atoms with Crippen LogP contribution in [0.25, 0.3) is 11.2 Å². The van der Waals surface area contributed by atoms with Crippen LogP contribution in [0.2, 0.25) is 0 Å². The number of nitrogens with zero attached hydrogens (tertiary/aromatic N) is 5. The zero-order chi connectivity index (χ0) is 22.9. The number of halogens is 2. The largest absolute Gasteiger partial charge is 0.465 e. The van der Waals surface area contributed by atoms with Crippen molar-refractivity contribution in [3.8, 4) is 0 Å². The molecule has 2 aromatic heterocycles. The summed E-state index contributed by atoms with van der Waals surface area (Å²) in [5, 5.41) is 12.6. The van der Waals surface area contributed by atoms with E-state index in [4.69, 9.17) is 0 Å². The summed E-state index contributed by atoms with van der Waals surface area (Å²) in [4.78, 5) is 38.3. The van der Waals surface area contributed by atoms with Gasteiger partial charge in [0, 0.05) is 31.6 Å². The molecule has 1 aliphatic rings. The lowest BCUT2D eigenvalue weighted by Crippen LogP contribution is -2.49. The van der Waals surface area contributed by atoms with Gasteiger partial charge in [-0.3, -0.25) is 13.8 Å². The molecule has 0 radical (unpaired) electrons. The Morgan fingerprint density at radius 2 is 2.10 bits per heavy atom. The summed E-state index contributed by atoms with van der Waals surface area (Å²) in [7, 11) is 0. The van der Waals surface area contributed by atoms with Crippen LogP contribution in [0.1, 0.15) is 40.2 Å². The van der Waals surface area contributed by atoms with E-state index in [0.717, 1.165) is 0 Å². The molecule has 3 heterocycles. The summed E-state index contributed by atoms with van der Waals surface area (Å²) >= 11 is 3.19. The monoisotopic (exact) mass is 498 g/mol. The maximum atomic E-state index is 13.3. The molecule has 2 aromatic rings. The van der Waals surface area contributed by atoms with Gasteiger partial charge in [0.2, 0.25) is 5.95 Å². The molecular formula is C20H28BrFN6O3. The lowest BCUT2D eigenvalue weighted by Gasteiger charge is -2.43. The van der Waals surface area contributed by atoms with Crippen molar-refractivity contribution in [2.45, 2.75) is 40.2 Å². The van der Waals surface area contributed by atoms with Crippen molar-refractivity contribution in [1.82, 2.24) is 24.4 Å². The first-order valence-corrected chi connectivity index (χ1v) is 11.0. The van der Waals surface area contributed by atoms with E-state index in [-0.39, 0.29) is 40.0 Å². The topological polar surface area (TPSA) is 113 Å². The van der Waals surface area contributed by atoms with E-state index >= 15 is 0 Å². The van der Waals surface area contributed by atoms with Crippen molar-refractivity contribution in [3.05, 3.63) is 21.2 Å². The quantitative estimate of drug-likeness (QED) is 0.625. The molecule has 1 aliphatic heterocycles. The molecule has 0 aliphatic carbocycles. The Kier molecular flexibility index (Phi) is 6.82. The molecule has 1 saturated heterocycles. The fourth-order valence-electron chi connectivity index (χ4n) is 4.03. The van der Waals surface area contributed by atoms with E-state index in [0.29, 0.717) is 36.6 Å². The Balaban J connectivity index is 1.82. The van der Waals surface area contributed by atoms with Crippen molar-refractivity contribution in [2.24, 2.45) is 17.3 Å². The molecule has 170 valence electrons. The first kappa shape index (κ1) is 23.4. The molecule has 0 saturated carbocycles. The highest BCUT2D eigenvalue weighted by Gasteiger charge is 2.38. The molecule has 1 amide bonds. The molecule has 11 heteroatoms. The minimum absolute atomic E-state index is 0.0162. The Labute approximate surface area is 188 Å². The van der Waals surface area contributed by atoms with Crippen LogP contribution >= 0.6 is 15.9 Å². The first-order chi connectivity index (χ1) is 14.5. The molecule has 31 heavy (non-hydrogen) atoms. The molecule has 9 nitrogen and oxygen atoms in total. The number of rotatable bonds is 6. The maximum absolute atomic E-state index is 13.3. The number of piperidine rings is 1. The second-order valence-electron chi connectivity index (χ2n) is 9.06. The summed E-state index contributed by atoms with van der Waals surface area (Å²) in [6.45, 7) is 8.36. The molecule has 2 N–H and O–H groups in total. The van der Waals surface area contributed by atoms with Crippen LogP contribution in [0.4, 0.5) is 15.1 Å². The number of carboxylic acid groups (broad SMARTS) is 1. The molecule has 0 unspecified atom stereocenters. The first-order valence-electron chi connectivity index (χ1n) is 10.3. The van der Waals surface area contributed by atoms with Crippen LogP contribution in [0.5, 0.6) is 0 Å². The fraction of sp³-hybridized carbons (Fsp3) is 0.650. The van der Waals surface area contributed by atoms with E-state index in [2.05, 4.69) is 36.2 Å². The van der Waals surface area contributed by atoms with Crippen molar-refractivity contribution < 1.29 is 14.3 Å². The van der Waals surface area contributed by atoms with Crippen molar-refractivity contribution >= 4 is 39.1 Å². The van der Waals surface area contributed by atoms with Gasteiger partial charge in [-0.05, 0) is 47.5 Å². The van der Waals surface area contributed by atoms with Crippen LogP contribution in [0.15, 0.2) is 15.6 Å². The number of carbonyl (C=O) groups is 1. The number of hydrogen-bond acceptors (Lipinski definition) is 6. The fourth-order valence-corrected chi connectivity index (χ4v) is 4.41. The van der Waals surface area contributed by atoms with E-state index in [1.54, 1.807) is 10.8 Å². The van der Waals surface area contributed by atoms with E-state index in [9.17, 15) is 19.1 Å². The van der Waals surface area contributed by atoms with Crippen LogP contribution < -0.4 is 10.9 Å². The SMILES string of the molecule is CC(C)n1c(=O)c(Br)nc2cnc(NCC(C)(C)[C@@H]3C[C@@H](CF)CN(C(=O)O)C3)nc21. The Morgan fingerprint density at radius 1 is 1.39 bits per heavy atom. The van der Waals surface area contributed by atoms with Crippen LogP contribution in [-0.4, -0.2) is 61.9 Å². The minimum atomic E-state index is -1.02. The second-order valence-corrected chi connectivity index (χ2v) is 9.81. The molecule has 2 atom stereocenters. The summed E-state index contributed by atoms with van der Waals surface area (Å²) in [6, 6.07) is -0.115. The number of amides is 1. The number of hydrogen-bond donors (Lipinski definition) is 2. The third-order valence-electron chi connectivity index (χ3n) is 5.94. The van der Waals surface area contributed by atoms with Gasteiger partial charge in [-0.2, -0.15) is 4.98 Å². The van der Waals surface area contributed by atoms with Crippen molar-refractivity contribution in [1.29, 1.82) is 0 Å². The summed E-state index contributed by atoms with van der Waals surface area (Å²) in [5.41, 5.74) is 0.335. The lowest BCUT2D eigenvalue weighted by atomic mass is 9.72. The van der Waals surface area contributed by atoms with Gasteiger partial charge >= 0.3 is 6.09 Å². The third kappa shape index (κ3) is 4.97. The minimum Gasteiger partial charge on any atom is -0.465 e. The smallest absolute Gasteiger partial charge is 0.407 e. The Hall–Kier alpha value is -2.30. The predicted octanol–water partition coefficient (Wildman–Crippen LogP) is 3.55. The standard InChI is InChI=1S/C20H28BrFN6O3/c1-11(2)28-16-14(25-15(21)17(28)29)7-23-18(26-16)24-10-20(3,4)13-5-12(6-22)8-27(9-13)19(30)31/h7,11-13H,5-6,8-10H2,1-4H3,(H,30,31)(H,23,24,26)/t12-,13+/m0/s1. The molecule has 0 aromatic carbocycles. The highest BCUT2D eigenvalue weighted by atomic mass is 79.9. The van der Waals surface area contributed by atoms with Gasteiger partial charge in [-0.15, -0.1) is 0 Å². The lowest BCUT2D eigenvalue weighted by molar-refractivity contribution is 0.0501. The molecular weight excluding hydrogens is 471 g/mol. The van der Waals surface area contributed by atoms with E-state index in [1.807, 2.05) is 27.7 Å². The average molecular weight is 499 g/mol. The zero-order valence-corrected chi connectivity index (χ0v) is 19.7. The van der Waals surface area contributed by atoms with Gasteiger partial charge in [0.25, 0.3) is 5.56 Å². The van der Waals surface area contributed by atoms with E-state index < -0.39 is 12.8 Å². The number of nitrogens with one attached hydrogen (secondary N) is 1. The Bertz CT molecular complexity index is 1030. The van der Waals surface area contributed by atoms with Crippen LogP contribution in [-0.2, 0) is 0 Å². The molecule has 0 bridgehead atoms. The molecule has 1 fully saturated rings. The summed E-state index contributed by atoms with van der Waals surface area (Å²) < 4.78 is 15.1. The van der Waals surface area contributed by atoms with Crippen molar-refractivity contribution in [2.75, 3.05) is 31.6 Å². The van der Waals surface area contributed by atoms with Gasteiger partial charge in [0.1, 0.15) is 5.52 Å². The number of likely N-dealkylation sites (tertiary alicyclic amines) is 1. The van der Waals surface area contributed by atoms with E-state index in [1.165, 1.54) is 4.90 Å². The maximum Gasteiger partial charge on any atom is 0.407 e. The van der Waals surface area contributed by atoms with Gasteiger partial charge in [0.05, 0.1) is 12.9 Å². The van der Waals surface area contributed by atoms with Gasteiger partial charge in [-0.25, -0.2) is 14.8 Å². The Morgan fingerprint density at radius 3 is 2.71 bits per heavy atom. The highest BCUT2D eigenvalue weighted by molar-refractivity contribution is 9.10. The number of fused-ring (bicyclic) bond motifs is 1. The average Bonchev–Trinajstić information content (AvgIpc) is 2.72. The molecule has 0 spiro atoms. The third-order valence-corrected chi connectivity index (χ3v) is 6.46. The number of alkyl halides is 1. The van der Waals surface area contributed by atoms with Gasteiger partial charge in [0.15, 0.2) is 10.3 Å². The summed E-state index contributed by atoms with van der Waals surface area (Å²) in [6.07, 6.45) is 1.17. The second kappa shape index (κ2) is 9.05.